The maximum Gasteiger partial charge on any atom is 0.305 e. The van der Waals surface area contributed by atoms with Crippen LogP contribution in [0.25, 0.3) is 0 Å². The molecule has 88 valence electrons. The number of ether oxygens (including phenoxy) is 1. The number of nitrogens with one attached hydrogen (secondary N) is 2. The van der Waals surface area contributed by atoms with Crippen molar-refractivity contribution in [2.24, 2.45) is 0 Å². The summed E-state index contributed by atoms with van der Waals surface area (Å²) < 4.78 is 4.83. The highest BCUT2D eigenvalue weighted by molar-refractivity contribution is 5.89. The molecule has 1 heterocycles. The maximum absolute atomic E-state index is 11.2. The number of hydrogen-bond donors (Lipinski definition) is 2. The summed E-state index contributed by atoms with van der Waals surface area (Å²) >= 11 is 0. The third kappa shape index (κ3) is 4.03. The Kier molecular flexibility index (Phi) is 4.90. The van der Waals surface area contributed by atoms with E-state index in [0.29, 0.717) is 6.42 Å². The minimum Gasteiger partial charge on any atom is -0.464 e. The zero-order chi connectivity index (χ0) is 11.8. The first-order valence-electron chi connectivity index (χ1n) is 4.91. The molecule has 1 amide bonds. The van der Waals surface area contributed by atoms with E-state index in [0.717, 1.165) is 6.42 Å². The Labute approximate surface area is 91.7 Å². The van der Waals surface area contributed by atoms with Gasteiger partial charge in [-0.3, -0.25) is 9.59 Å². The smallest absolute Gasteiger partial charge is 0.305 e. The van der Waals surface area contributed by atoms with Gasteiger partial charge in [-0.1, -0.05) is 6.92 Å². The molecule has 0 bridgehead atoms. The van der Waals surface area contributed by atoms with Crippen LogP contribution in [0, 0.1) is 0 Å². The first-order chi connectivity index (χ1) is 7.74. The van der Waals surface area contributed by atoms with Crippen molar-refractivity contribution in [3.63, 3.8) is 0 Å². The molecule has 8 heteroatoms. The van der Waals surface area contributed by atoms with E-state index in [2.05, 4.69) is 25.9 Å². The summed E-state index contributed by atoms with van der Waals surface area (Å²) in [5, 5.41) is 14.9. The van der Waals surface area contributed by atoms with Gasteiger partial charge >= 0.3 is 5.97 Å². The molecule has 0 radical (unpaired) electrons. The second-order valence-electron chi connectivity index (χ2n) is 2.96. The van der Waals surface area contributed by atoms with Crippen molar-refractivity contribution in [2.75, 3.05) is 13.2 Å². The number of H-pyrrole nitrogens is 1. The molecule has 0 aromatic carbocycles. The van der Waals surface area contributed by atoms with E-state index in [-0.39, 0.29) is 24.9 Å². The molecule has 1 aromatic rings. The fraction of sp³-hybridized carbons (Fsp3) is 0.625. The molecule has 16 heavy (non-hydrogen) atoms. The van der Waals surface area contributed by atoms with Gasteiger partial charge in [-0.15, -0.1) is 10.2 Å². The van der Waals surface area contributed by atoms with Gasteiger partial charge in [0.25, 0.3) is 11.7 Å². The summed E-state index contributed by atoms with van der Waals surface area (Å²) in [5.74, 6) is -0.767. The van der Waals surface area contributed by atoms with Crippen LogP contribution in [0.4, 0.5) is 0 Å². The number of nitrogens with zero attached hydrogens (tertiary/aromatic N) is 3. The Bertz CT molecular complexity index is 337. The van der Waals surface area contributed by atoms with Crippen molar-refractivity contribution < 1.29 is 14.3 Å². The highest BCUT2D eigenvalue weighted by atomic mass is 16.5. The van der Waals surface area contributed by atoms with Crippen LogP contribution in [-0.2, 0) is 9.53 Å². The number of aromatic amines is 1. The Balaban J connectivity index is 2.12. The number of rotatable bonds is 6. The highest BCUT2D eigenvalue weighted by Crippen LogP contribution is 1.90. The molecule has 0 atom stereocenters. The van der Waals surface area contributed by atoms with Crippen molar-refractivity contribution in [1.82, 2.24) is 25.9 Å². The Morgan fingerprint density at radius 2 is 2.31 bits per heavy atom. The molecule has 0 saturated carbocycles. The van der Waals surface area contributed by atoms with Crippen LogP contribution in [0.3, 0.4) is 0 Å². The third-order valence-corrected chi connectivity index (χ3v) is 1.65. The molecule has 0 aliphatic heterocycles. The fourth-order valence-electron chi connectivity index (χ4n) is 0.943. The minimum atomic E-state index is -0.458. The van der Waals surface area contributed by atoms with Gasteiger partial charge in [-0.2, -0.15) is 5.21 Å². The first-order valence-corrected chi connectivity index (χ1v) is 4.91. The number of hydrogen-bond acceptors (Lipinski definition) is 6. The summed E-state index contributed by atoms with van der Waals surface area (Å²) in [4.78, 5) is 22.2. The zero-order valence-corrected chi connectivity index (χ0v) is 8.89. The van der Waals surface area contributed by atoms with E-state index >= 15 is 0 Å². The van der Waals surface area contributed by atoms with Crippen molar-refractivity contribution in [1.29, 1.82) is 0 Å². The number of amides is 1. The molecule has 0 saturated heterocycles. The number of esters is 1. The summed E-state index contributed by atoms with van der Waals surface area (Å²) in [7, 11) is 0. The first kappa shape index (κ1) is 12.1. The van der Waals surface area contributed by atoms with E-state index < -0.39 is 5.91 Å². The van der Waals surface area contributed by atoms with E-state index in [9.17, 15) is 9.59 Å². The van der Waals surface area contributed by atoms with Crippen LogP contribution in [0.1, 0.15) is 30.4 Å². The average Bonchev–Trinajstić information content (AvgIpc) is 2.78. The topological polar surface area (TPSA) is 110 Å². The van der Waals surface area contributed by atoms with Crippen LogP contribution < -0.4 is 5.32 Å². The maximum atomic E-state index is 11.2. The predicted molar refractivity (Wildman–Crippen MR) is 52.4 cm³/mol. The second kappa shape index (κ2) is 6.49. The van der Waals surface area contributed by atoms with E-state index in [1.807, 2.05) is 6.92 Å². The normalized spacial score (nSPS) is 9.81. The van der Waals surface area contributed by atoms with Gasteiger partial charge in [0, 0.05) is 6.42 Å². The molecular formula is C8H13N5O3. The largest absolute Gasteiger partial charge is 0.464 e. The molecule has 0 aliphatic rings. The molecule has 0 aliphatic carbocycles. The molecule has 0 fully saturated rings. The summed E-state index contributed by atoms with van der Waals surface area (Å²) in [6, 6.07) is 0. The van der Waals surface area contributed by atoms with Crippen molar-refractivity contribution >= 4 is 11.9 Å². The van der Waals surface area contributed by atoms with Gasteiger partial charge in [0.1, 0.15) is 6.61 Å². The summed E-state index contributed by atoms with van der Waals surface area (Å²) in [6.07, 6.45) is 1.13. The van der Waals surface area contributed by atoms with Crippen LogP contribution in [0.5, 0.6) is 0 Å². The standard InChI is InChI=1S/C8H13N5O3/c1-2-3-6(14)16-5-4-9-8(15)7-10-12-13-11-7/h2-5H2,1H3,(H,9,15)(H,10,11,12,13). The number of carbonyl (C=O) groups is 2. The lowest BCUT2D eigenvalue weighted by Crippen LogP contribution is -2.28. The summed E-state index contributed by atoms with van der Waals surface area (Å²) in [6.45, 7) is 2.25. The van der Waals surface area contributed by atoms with Gasteiger partial charge in [-0.05, 0) is 11.6 Å². The Morgan fingerprint density at radius 1 is 1.50 bits per heavy atom. The molecule has 1 rings (SSSR count). The van der Waals surface area contributed by atoms with E-state index in [1.165, 1.54) is 0 Å². The van der Waals surface area contributed by atoms with Crippen molar-refractivity contribution in [3.8, 4) is 0 Å². The number of aromatic nitrogens is 4. The minimum absolute atomic E-state index is 0.0418. The van der Waals surface area contributed by atoms with Gasteiger partial charge in [0.15, 0.2) is 0 Å². The number of tetrazole rings is 1. The van der Waals surface area contributed by atoms with Gasteiger partial charge in [0.05, 0.1) is 6.54 Å². The quantitative estimate of drug-likeness (QED) is 0.490. The highest BCUT2D eigenvalue weighted by Gasteiger charge is 2.09. The van der Waals surface area contributed by atoms with Crippen LogP contribution >= 0.6 is 0 Å². The lowest BCUT2D eigenvalue weighted by molar-refractivity contribution is -0.143. The predicted octanol–water partition coefficient (Wildman–Crippen LogP) is -0.727. The van der Waals surface area contributed by atoms with Crippen molar-refractivity contribution in [2.45, 2.75) is 19.8 Å². The molecule has 2 N–H and O–H groups in total. The van der Waals surface area contributed by atoms with Gasteiger partial charge in [-0.25, -0.2) is 0 Å². The number of carbonyl (C=O) groups excluding carboxylic acids is 2. The lowest BCUT2D eigenvalue weighted by Gasteiger charge is -2.04. The van der Waals surface area contributed by atoms with Crippen LogP contribution in [0.2, 0.25) is 0 Å². The molecule has 0 spiro atoms. The zero-order valence-electron chi connectivity index (χ0n) is 8.89. The second-order valence-corrected chi connectivity index (χ2v) is 2.96. The van der Waals surface area contributed by atoms with Crippen LogP contribution in [0.15, 0.2) is 0 Å². The molecule has 8 nitrogen and oxygen atoms in total. The summed E-state index contributed by atoms with van der Waals surface area (Å²) in [5.41, 5.74) is 0. The monoisotopic (exact) mass is 227 g/mol. The molecule has 1 aromatic heterocycles. The van der Waals surface area contributed by atoms with Crippen molar-refractivity contribution in [3.05, 3.63) is 5.82 Å². The molecule has 0 unspecified atom stereocenters. The van der Waals surface area contributed by atoms with E-state index in [4.69, 9.17) is 4.74 Å². The van der Waals surface area contributed by atoms with Crippen LogP contribution in [-0.4, -0.2) is 45.7 Å². The van der Waals surface area contributed by atoms with E-state index in [1.54, 1.807) is 0 Å². The SMILES string of the molecule is CCCC(=O)OCCNC(=O)c1nn[nH]n1. The molecular weight excluding hydrogens is 214 g/mol. The average molecular weight is 227 g/mol. The third-order valence-electron chi connectivity index (χ3n) is 1.65. The van der Waals surface area contributed by atoms with Gasteiger partial charge < -0.3 is 10.1 Å². The lowest BCUT2D eigenvalue weighted by atomic mass is 10.3. The fourth-order valence-corrected chi connectivity index (χ4v) is 0.943. The Morgan fingerprint density at radius 3 is 2.94 bits per heavy atom. The Hall–Kier alpha value is -1.99. The van der Waals surface area contributed by atoms with Gasteiger partial charge in [0.2, 0.25) is 0 Å².